The molecule has 0 unspecified atom stereocenters. The van der Waals surface area contributed by atoms with Gasteiger partial charge in [-0.25, -0.2) is 0 Å². The smallest absolute Gasteiger partial charge is 0.255 e. The highest BCUT2D eigenvalue weighted by Gasteiger charge is 2.19. The molecule has 0 bridgehead atoms. The van der Waals surface area contributed by atoms with Crippen molar-refractivity contribution in [2.75, 3.05) is 21.3 Å². The van der Waals surface area contributed by atoms with Crippen molar-refractivity contribution in [2.45, 2.75) is 13.0 Å². The van der Waals surface area contributed by atoms with Gasteiger partial charge in [-0.1, -0.05) is 0 Å². The molecule has 0 saturated heterocycles. The van der Waals surface area contributed by atoms with E-state index in [1.165, 1.54) is 21.3 Å². The van der Waals surface area contributed by atoms with Gasteiger partial charge in [0.2, 0.25) is 0 Å². The van der Waals surface area contributed by atoms with Gasteiger partial charge in [0.05, 0.1) is 32.9 Å². The molecular formula is C17H20N2O4. The van der Waals surface area contributed by atoms with Gasteiger partial charge in [-0.05, 0) is 24.6 Å². The van der Waals surface area contributed by atoms with Crippen molar-refractivity contribution >= 4 is 5.91 Å². The Labute approximate surface area is 135 Å². The average Bonchev–Trinajstić information content (AvgIpc) is 2.60. The van der Waals surface area contributed by atoms with Crippen molar-refractivity contribution in [3.63, 3.8) is 0 Å². The van der Waals surface area contributed by atoms with E-state index in [1.54, 1.807) is 24.5 Å². The molecule has 1 aromatic carbocycles. The van der Waals surface area contributed by atoms with Gasteiger partial charge >= 0.3 is 0 Å². The molecule has 0 aliphatic carbocycles. The minimum absolute atomic E-state index is 0.164. The van der Waals surface area contributed by atoms with Crippen molar-refractivity contribution in [3.8, 4) is 17.2 Å². The summed E-state index contributed by atoms with van der Waals surface area (Å²) in [7, 11) is 4.55. The van der Waals surface area contributed by atoms with E-state index in [4.69, 9.17) is 14.2 Å². The van der Waals surface area contributed by atoms with Gasteiger partial charge in [0.15, 0.2) is 11.5 Å². The minimum atomic E-state index is -0.257. The summed E-state index contributed by atoms with van der Waals surface area (Å²) in [5.74, 6) is 1.13. The minimum Gasteiger partial charge on any atom is -0.496 e. The maximum atomic E-state index is 12.6. The van der Waals surface area contributed by atoms with E-state index in [0.29, 0.717) is 22.8 Å². The molecule has 1 heterocycles. The number of hydrogen-bond donors (Lipinski definition) is 1. The van der Waals surface area contributed by atoms with Crippen LogP contribution in [-0.2, 0) is 0 Å². The Kier molecular flexibility index (Phi) is 5.41. The fourth-order valence-electron chi connectivity index (χ4n) is 2.22. The Morgan fingerprint density at radius 1 is 1.00 bits per heavy atom. The first kappa shape index (κ1) is 16.6. The number of rotatable bonds is 6. The first-order valence-corrected chi connectivity index (χ1v) is 7.11. The molecule has 23 heavy (non-hydrogen) atoms. The zero-order valence-electron chi connectivity index (χ0n) is 13.6. The third-order valence-electron chi connectivity index (χ3n) is 3.50. The van der Waals surface area contributed by atoms with Crippen molar-refractivity contribution in [2.24, 2.45) is 0 Å². The van der Waals surface area contributed by atoms with Crippen molar-refractivity contribution in [1.29, 1.82) is 0 Å². The fourth-order valence-corrected chi connectivity index (χ4v) is 2.22. The maximum Gasteiger partial charge on any atom is 0.255 e. The summed E-state index contributed by atoms with van der Waals surface area (Å²) in [6.45, 7) is 1.90. The summed E-state index contributed by atoms with van der Waals surface area (Å²) in [5, 5.41) is 2.93. The Bertz CT molecular complexity index is 674. The molecular weight excluding hydrogens is 296 g/mol. The standard InChI is InChI=1S/C17H20N2O4/c1-11(12-5-7-18-8-6-12)19-17(20)13-9-15(22-3)16(23-4)10-14(13)21-2/h5-11H,1-4H3,(H,19,20)/t11-/m0/s1. The number of hydrogen-bond acceptors (Lipinski definition) is 5. The molecule has 0 aliphatic heterocycles. The number of nitrogens with one attached hydrogen (secondary N) is 1. The molecule has 0 spiro atoms. The molecule has 6 heteroatoms. The van der Waals surface area contributed by atoms with E-state index in [9.17, 15) is 4.79 Å². The van der Waals surface area contributed by atoms with Gasteiger partial charge in [-0.15, -0.1) is 0 Å². The zero-order chi connectivity index (χ0) is 16.8. The van der Waals surface area contributed by atoms with Crippen LogP contribution in [0.4, 0.5) is 0 Å². The molecule has 0 radical (unpaired) electrons. The van der Waals surface area contributed by atoms with Gasteiger partial charge in [-0.2, -0.15) is 0 Å². The second-order valence-electron chi connectivity index (χ2n) is 4.88. The Balaban J connectivity index is 2.28. The summed E-state index contributed by atoms with van der Waals surface area (Å²) in [5.41, 5.74) is 1.35. The lowest BCUT2D eigenvalue weighted by molar-refractivity contribution is 0.0936. The summed E-state index contributed by atoms with van der Waals surface area (Å²) in [6.07, 6.45) is 3.38. The molecule has 122 valence electrons. The average molecular weight is 316 g/mol. The van der Waals surface area contributed by atoms with Crippen molar-refractivity contribution in [1.82, 2.24) is 10.3 Å². The molecule has 2 aromatic rings. The lowest BCUT2D eigenvalue weighted by Gasteiger charge is -2.17. The fraction of sp³-hybridized carbons (Fsp3) is 0.294. The normalized spacial score (nSPS) is 11.5. The lowest BCUT2D eigenvalue weighted by Crippen LogP contribution is -2.27. The number of methoxy groups -OCH3 is 3. The van der Waals surface area contributed by atoms with Gasteiger partial charge in [-0.3, -0.25) is 9.78 Å². The number of amides is 1. The van der Waals surface area contributed by atoms with Crippen molar-refractivity contribution < 1.29 is 19.0 Å². The van der Waals surface area contributed by atoms with Gasteiger partial charge < -0.3 is 19.5 Å². The van der Waals surface area contributed by atoms with Crippen LogP contribution in [0.5, 0.6) is 17.2 Å². The van der Waals surface area contributed by atoms with Crippen LogP contribution in [0.3, 0.4) is 0 Å². The SMILES string of the molecule is COc1cc(OC)c(C(=O)N[C@@H](C)c2ccncc2)cc1OC. The monoisotopic (exact) mass is 316 g/mol. The van der Waals surface area contributed by atoms with Gasteiger partial charge in [0.25, 0.3) is 5.91 Å². The first-order valence-electron chi connectivity index (χ1n) is 7.11. The van der Waals surface area contributed by atoms with Gasteiger partial charge in [0, 0.05) is 24.5 Å². The molecule has 1 atom stereocenters. The number of nitrogens with zero attached hydrogens (tertiary/aromatic N) is 1. The number of carbonyl (C=O) groups is 1. The van der Waals surface area contributed by atoms with Crippen LogP contribution in [0.15, 0.2) is 36.7 Å². The van der Waals surface area contributed by atoms with E-state index in [-0.39, 0.29) is 11.9 Å². The first-order chi connectivity index (χ1) is 11.1. The summed E-state index contributed by atoms with van der Waals surface area (Å²) < 4.78 is 15.8. The molecule has 1 amide bonds. The number of aromatic nitrogens is 1. The third-order valence-corrected chi connectivity index (χ3v) is 3.50. The molecule has 0 aliphatic rings. The molecule has 0 fully saturated rings. The van der Waals surface area contributed by atoms with E-state index in [1.807, 2.05) is 19.1 Å². The van der Waals surface area contributed by atoms with Crippen LogP contribution in [0.2, 0.25) is 0 Å². The van der Waals surface area contributed by atoms with Crippen LogP contribution in [-0.4, -0.2) is 32.2 Å². The Morgan fingerprint density at radius 2 is 1.57 bits per heavy atom. The topological polar surface area (TPSA) is 69.7 Å². The highest BCUT2D eigenvalue weighted by Crippen LogP contribution is 2.34. The molecule has 1 N–H and O–H groups in total. The zero-order valence-corrected chi connectivity index (χ0v) is 13.6. The summed E-state index contributed by atoms with van der Waals surface area (Å²) >= 11 is 0. The molecule has 6 nitrogen and oxygen atoms in total. The number of ether oxygens (including phenoxy) is 3. The van der Waals surface area contributed by atoms with Crippen LogP contribution >= 0.6 is 0 Å². The van der Waals surface area contributed by atoms with E-state index < -0.39 is 0 Å². The van der Waals surface area contributed by atoms with Crippen LogP contribution < -0.4 is 19.5 Å². The predicted molar refractivity (Wildman–Crippen MR) is 86.2 cm³/mol. The van der Waals surface area contributed by atoms with Crippen molar-refractivity contribution in [3.05, 3.63) is 47.8 Å². The molecule has 1 aromatic heterocycles. The van der Waals surface area contributed by atoms with Crippen LogP contribution in [0.1, 0.15) is 28.9 Å². The predicted octanol–water partition coefficient (Wildman–Crippen LogP) is 2.60. The van der Waals surface area contributed by atoms with Gasteiger partial charge in [0.1, 0.15) is 5.75 Å². The highest BCUT2D eigenvalue weighted by atomic mass is 16.5. The number of pyridine rings is 1. The highest BCUT2D eigenvalue weighted by molar-refractivity contribution is 5.98. The summed E-state index contributed by atoms with van der Waals surface area (Å²) in [4.78, 5) is 16.5. The molecule has 0 saturated carbocycles. The third kappa shape index (κ3) is 3.71. The second-order valence-corrected chi connectivity index (χ2v) is 4.88. The number of benzene rings is 1. The second kappa shape index (κ2) is 7.49. The van der Waals surface area contributed by atoms with Crippen LogP contribution in [0, 0.1) is 0 Å². The largest absolute Gasteiger partial charge is 0.496 e. The van der Waals surface area contributed by atoms with E-state index in [2.05, 4.69) is 10.3 Å². The maximum absolute atomic E-state index is 12.6. The lowest BCUT2D eigenvalue weighted by atomic mass is 10.1. The van der Waals surface area contributed by atoms with Crippen LogP contribution in [0.25, 0.3) is 0 Å². The summed E-state index contributed by atoms with van der Waals surface area (Å²) in [6, 6.07) is 6.79. The van der Waals surface area contributed by atoms with E-state index in [0.717, 1.165) is 5.56 Å². The Hall–Kier alpha value is -2.76. The quantitative estimate of drug-likeness (QED) is 0.887. The van der Waals surface area contributed by atoms with E-state index >= 15 is 0 Å². The number of carbonyl (C=O) groups excluding carboxylic acids is 1. The Morgan fingerprint density at radius 3 is 2.13 bits per heavy atom. The molecule has 2 rings (SSSR count).